The van der Waals surface area contributed by atoms with Gasteiger partial charge in [-0.05, 0) is 38.5 Å². The average molecular weight is 197 g/mol. The van der Waals surface area contributed by atoms with Crippen LogP contribution < -0.4 is 5.32 Å². The molecule has 2 aliphatic carbocycles. The Hall–Kier alpha value is -0.860. The van der Waals surface area contributed by atoms with Gasteiger partial charge in [0.1, 0.15) is 6.67 Å². The van der Waals surface area contributed by atoms with E-state index in [1.165, 1.54) is 0 Å². The largest absolute Gasteiger partial charge is 0.344 e. The lowest BCUT2D eigenvalue weighted by molar-refractivity contribution is -0.120. The molecule has 0 radical (unpaired) electrons. The molecule has 0 aliphatic heterocycles. The fraction of sp³-hybridized carbons (Fsp3) is 0.727. The summed E-state index contributed by atoms with van der Waals surface area (Å²) in [6.07, 6.45) is 7.50. The van der Waals surface area contributed by atoms with Gasteiger partial charge in [0.2, 0.25) is 5.91 Å². The molecule has 0 unspecified atom stereocenters. The van der Waals surface area contributed by atoms with E-state index in [0.717, 1.165) is 44.1 Å². The van der Waals surface area contributed by atoms with Gasteiger partial charge in [0.05, 0.1) is 5.54 Å². The molecule has 1 saturated carbocycles. The van der Waals surface area contributed by atoms with Crippen molar-refractivity contribution in [2.75, 3.05) is 6.67 Å². The molecule has 1 N–H and O–H groups in total. The first-order chi connectivity index (χ1) is 6.76. The molecule has 3 heteroatoms. The Kier molecular flexibility index (Phi) is 2.57. The van der Waals surface area contributed by atoms with Crippen LogP contribution in [0.4, 0.5) is 4.39 Å². The highest BCUT2D eigenvalue weighted by Crippen LogP contribution is 2.33. The van der Waals surface area contributed by atoms with Crippen LogP contribution in [0.5, 0.6) is 0 Å². The Labute approximate surface area is 83.6 Å². The van der Waals surface area contributed by atoms with Crippen LogP contribution in [0.1, 0.15) is 38.5 Å². The Morgan fingerprint density at radius 2 is 2.29 bits per heavy atom. The number of carbonyl (C=O) groups excluding carboxylic acids is 1. The zero-order valence-corrected chi connectivity index (χ0v) is 8.31. The monoisotopic (exact) mass is 197 g/mol. The lowest BCUT2D eigenvalue weighted by Crippen LogP contribution is -2.55. The van der Waals surface area contributed by atoms with Crippen molar-refractivity contribution in [3.8, 4) is 0 Å². The van der Waals surface area contributed by atoms with E-state index in [1.807, 2.05) is 6.08 Å². The number of nitrogens with one attached hydrogen (secondary N) is 1. The zero-order chi connectivity index (χ0) is 10.0. The highest BCUT2D eigenvalue weighted by molar-refractivity contribution is 5.94. The molecule has 0 atom stereocenters. The number of allylic oxidation sites excluding steroid dienone is 1. The number of rotatable bonds is 3. The first kappa shape index (κ1) is 9.69. The van der Waals surface area contributed by atoms with E-state index in [0.29, 0.717) is 0 Å². The molecule has 78 valence electrons. The van der Waals surface area contributed by atoms with Crippen LogP contribution >= 0.6 is 0 Å². The number of alkyl halides is 1. The lowest BCUT2D eigenvalue weighted by Gasteiger charge is -2.40. The van der Waals surface area contributed by atoms with Crippen LogP contribution in [0.25, 0.3) is 0 Å². The summed E-state index contributed by atoms with van der Waals surface area (Å²) in [5.41, 5.74) is 0.338. The number of hydrogen-bond acceptors (Lipinski definition) is 1. The maximum absolute atomic E-state index is 12.7. The summed E-state index contributed by atoms with van der Waals surface area (Å²) in [6, 6.07) is 0. The minimum atomic E-state index is -0.513. The third kappa shape index (κ3) is 1.68. The van der Waals surface area contributed by atoms with Gasteiger partial charge in [-0.1, -0.05) is 6.08 Å². The van der Waals surface area contributed by atoms with E-state index in [1.54, 1.807) is 0 Å². The first-order valence-electron chi connectivity index (χ1n) is 5.33. The summed E-state index contributed by atoms with van der Waals surface area (Å²) < 4.78 is 12.7. The smallest absolute Gasteiger partial charge is 0.247 e. The van der Waals surface area contributed by atoms with E-state index in [9.17, 15) is 9.18 Å². The molecule has 0 saturated heterocycles. The predicted octanol–water partition coefficient (Wildman–Crippen LogP) is 2.11. The summed E-state index contributed by atoms with van der Waals surface area (Å²) in [6.45, 7) is -0.425. The van der Waals surface area contributed by atoms with Gasteiger partial charge >= 0.3 is 0 Å². The van der Waals surface area contributed by atoms with Gasteiger partial charge in [-0.2, -0.15) is 0 Å². The van der Waals surface area contributed by atoms with Crippen LogP contribution in [-0.4, -0.2) is 18.1 Å². The van der Waals surface area contributed by atoms with Crippen molar-refractivity contribution in [2.45, 2.75) is 44.1 Å². The third-order valence-corrected chi connectivity index (χ3v) is 3.28. The second-order valence-electron chi connectivity index (χ2n) is 4.34. The van der Waals surface area contributed by atoms with Crippen molar-refractivity contribution in [3.63, 3.8) is 0 Å². The molecule has 0 aromatic rings. The van der Waals surface area contributed by atoms with E-state index in [-0.39, 0.29) is 5.91 Å². The van der Waals surface area contributed by atoms with Crippen molar-refractivity contribution in [1.82, 2.24) is 5.32 Å². The highest BCUT2D eigenvalue weighted by Gasteiger charge is 2.38. The summed E-state index contributed by atoms with van der Waals surface area (Å²) in [5, 5.41) is 2.84. The quantitative estimate of drug-likeness (QED) is 0.737. The topological polar surface area (TPSA) is 29.1 Å². The molecule has 0 aromatic heterocycles. The van der Waals surface area contributed by atoms with Gasteiger partial charge in [-0.3, -0.25) is 4.79 Å². The molecular weight excluding hydrogens is 181 g/mol. The molecule has 2 aliphatic rings. The molecule has 0 aromatic carbocycles. The normalized spacial score (nSPS) is 23.9. The fourth-order valence-corrected chi connectivity index (χ4v) is 2.09. The van der Waals surface area contributed by atoms with Crippen LogP contribution in [0.3, 0.4) is 0 Å². The molecule has 0 bridgehead atoms. The summed E-state index contributed by atoms with van der Waals surface area (Å²) in [4.78, 5) is 11.7. The molecule has 1 fully saturated rings. The van der Waals surface area contributed by atoms with Gasteiger partial charge in [-0.25, -0.2) is 4.39 Å². The molecule has 2 nitrogen and oxygen atoms in total. The molecule has 1 amide bonds. The van der Waals surface area contributed by atoms with Gasteiger partial charge < -0.3 is 5.32 Å². The summed E-state index contributed by atoms with van der Waals surface area (Å²) >= 11 is 0. The van der Waals surface area contributed by atoms with Crippen molar-refractivity contribution >= 4 is 5.91 Å². The van der Waals surface area contributed by atoms with Gasteiger partial charge in [0, 0.05) is 5.57 Å². The minimum absolute atomic E-state index is 0.0418. The van der Waals surface area contributed by atoms with Crippen molar-refractivity contribution in [2.24, 2.45) is 0 Å². The van der Waals surface area contributed by atoms with Gasteiger partial charge in [0.25, 0.3) is 0 Å². The van der Waals surface area contributed by atoms with E-state index >= 15 is 0 Å². The molecule has 2 rings (SSSR count). The maximum Gasteiger partial charge on any atom is 0.247 e. The average Bonchev–Trinajstić information content (AvgIpc) is 2.63. The molecule has 0 heterocycles. The van der Waals surface area contributed by atoms with Gasteiger partial charge in [-0.15, -0.1) is 0 Å². The van der Waals surface area contributed by atoms with Crippen molar-refractivity contribution < 1.29 is 9.18 Å². The molecular formula is C11H16FNO. The number of halogens is 1. The van der Waals surface area contributed by atoms with E-state index < -0.39 is 12.2 Å². The Bertz CT molecular complexity index is 263. The molecule has 14 heavy (non-hydrogen) atoms. The second-order valence-corrected chi connectivity index (χ2v) is 4.34. The van der Waals surface area contributed by atoms with Crippen LogP contribution in [0.2, 0.25) is 0 Å². The first-order valence-corrected chi connectivity index (χ1v) is 5.33. The van der Waals surface area contributed by atoms with Crippen LogP contribution in [0.15, 0.2) is 11.6 Å². The predicted molar refractivity (Wildman–Crippen MR) is 52.6 cm³/mol. The van der Waals surface area contributed by atoms with Crippen LogP contribution in [-0.2, 0) is 4.79 Å². The maximum atomic E-state index is 12.7. The lowest BCUT2D eigenvalue weighted by atomic mass is 9.77. The second kappa shape index (κ2) is 3.71. The van der Waals surface area contributed by atoms with Gasteiger partial charge in [0.15, 0.2) is 0 Å². The van der Waals surface area contributed by atoms with Crippen LogP contribution in [0, 0.1) is 0 Å². The number of carbonyl (C=O) groups is 1. The third-order valence-electron chi connectivity index (χ3n) is 3.28. The fourth-order valence-electron chi connectivity index (χ4n) is 2.09. The Balaban J connectivity index is 1.93. The highest BCUT2D eigenvalue weighted by atomic mass is 19.1. The summed E-state index contributed by atoms with van der Waals surface area (Å²) in [5.74, 6) is -0.0418. The Morgan fingerprint density at radius 1 is 1.50 bits per heavy atom. The minimum Gasteiger partial charge on any atom is -0.344 e. The SMILES string of the molecule is O=C(NC1(CF)CCC1)C1=CCCC1. The van der Waals surface area contributed by atoms with E-state index in [4.69, 9.17) is 0 Å². The number of hydrogen-bond donors (Lipinski definition) is 1. The summed E-state index contributed by atoms with van der Waals surface area (Å²) in [7, 11) is 0. The van der Waals surface area contributed by atoms with Crippen molar-refractivity contribution in [3.05, 3.63) is 11.6 Å². The Morgan fingerprint density at radius 3 is 2.71 bits per heavy atom. The zero-order valence-electron chi connectivity index (χ0n) is 8.31. The number of amides is 1. The van der Waals surface area contributed by atoms with Crippen molar-refractivity contribution in [1.29, 1.82) is 0 Å². The standard InChI is InChI=1S/C11H16FNO/c12-8-11(6-3-7-11)13-10(14)9-4-1-2-5-9/h4H,1-3,5-8H2,(H,13,14). The molecule has 0 spiro atoms. The van der Waals surface area contributed by atoms with E-state index in [2.05, 4.69) is 5.32 Å².